The van der Waals surface area contributed by atoms with E-state index in [2.05, 4.69) is 33.8 Å². The van der Waals surface area contributed by atoms with Crippen LogP contribution in [0.3, 0.4) is 0 Å². The van der Waals surface area contributed by atoms with Crippen LogP contribution in [0, 0.1) is 5.82 Å². The van der Waals surface area contributed by atoms with Crippen LogP contribution in [0.25, 0.3) is 0 Å². The summed E-state index contributed by atoms with van der Waals surface area (Å²) < 4.78 is 19.3. The first kappa shape index (κ1) is 21.5. The molecule has 1 heterocycles. The Morgan fingerprint density at radius 3 is 2.82 bits per heavy atom. The van der Waals surface area contributed by atoms with Crippen molar-refractivity contribution in [2.24, 2.45) is 0 Å². The van der Waals surface area contributed by atoms with Crippen LogP contribution in [-0.2, 0) is 16.0 Å². The largest absolute Gasteiger partial charge is 0.469 e. The lowest BCUT2D eigenvalue weighted by molar-refractivity contribution is -0.140. The van der Waals surface area contributed by atoms with Gasteiger partial charge in [-0.1, -0.05) is 28.1 Å². The van der Waals surface area contributed by atoms with E-state index < -0.39 is 0 Å². The summed E-state index contributed by atoms with van der Waals surface area (Å²) in [6.45, 7) is 0. The van der Waals surface area contributed by atoms with Gasteiger partial charge in [-0.2, -0.15) is 0 Å². The second-order valence-electron chi connectivity index (χ2n) is 6.61. The molecule has 2 aliphatic rings. The molecule has 3 rings (SSSR count). The second kappa shape index (κ2) is 10.0. The molecular formula is C22H22BrFO2S2. The quantitative estimate of drug-likeness (QED) is 0.341. The number of hydrogen-bond acceptors (Lipinski definition) is 4. The molecule has 0 N–H and O–H groups in total. The Morgan fingerprint density at radius 1 is 1.29 bits per heavy atom. The predicted octanol–water partition coefficient (Wildman–Crippen LogP) is 6.23. The molecule has 1 saturated heterocycles. The molecule has 1 aliphatic heterocycles. The molecule has 0 spiro atoms. The summed E-state index contributed by atoms with van der Waals surface area (Å²) in [5, 5.41) is 0. The molecular weight excluding hydrogens is 459 g/mol. The second-order valence-corrected chi connectivity index (χ2v) is 10.5. The third-order valence-electron chi connectivity index (χ3n) is 4.68. The Hall–Kier alpha value is -1.20. The maximum absolute atomic E-state index is 13.8. The van der Waals surface area contributed by atoms with Crippen molar-refractivity contribution in [3.05, 3.63) is 75.2 Å². The number of ether oxygens (including phenoxy) is 1. The van der Waals surface area contributed by atoms with Crippen molar-refractivity contribution >= 4 is 45.4 Å². The number of benzene rings is 1. The minimum Gasteiger partial charge on any atom is -0.469 e. The number of allylic oxidation sites excluding steroid dienone is 4. The van der Waals surface area contributed by atoms with Crippen molar-refractivity contribution in [2.45, 2.75) is 29.8 Å². The van der Waals surface area contributed by atoms with Gasteiger partial charge in [-0.15, -0.1) is 29.3 Å². The number of methoxy groups -OCH3 is 1. The molecule has 0 aromatic heterocycles. The minimum atomic E-state index is -0.209. The molecule has 0 unspecified atom stereocenters. The van der Waals surface area contributed by atoms with Gasteiger partial charge in [-0.25, -0.2) is 4.39 Å². The highest BCUT2D eigenvalue weighted by Gasteiger charge is 2.39. The number of halogens is 2. The van der Waals surface area contributed by atoms with Gasteiger partial charge >= 0.3 is 5.97 Å². The first-order valence-corrected chi connectivity index (χ1v) is 11.9. The van der Waals surface area contributed by atoms with Gasteiger partial charge in [-0.3, -0.25) is 4.79 Å². The van der Waals surface area contributed by atoms with E-state index in [-0.39, 0.29) is 15.9 Å². The van der Waals surface area contributed by atoms with E-state index >= 15 is 0 Å². The molecule has 28 heavy (non-hydrogen) atoms. The zero-order chi connectivity index (χ0) is 20.0. The lowest BCUT2D eigenvalue weighted by atomic mass is 10.0. The van der Waals surface area contributed by atoms with Gasteiger partial charge in [0.15, 0.2) is 0 Å². The minimum absolute atomic E-state index is 0.144. The number of esters is 1. The highest BCUT2D eigenvalue weighted by molar-refractivity contribution is 9.10. The summed E-state index contributed by atoms with van der Waals surface area (Å²) in [4.78, 5) is 11.3. The molecule has 1 fully saturated rings. The number of thioether (sulfide) groups is 2. The molecule has 1 aromatic rings. The standard InChI is InChI=1S/C22H22BrFO2S2/c1-26-21(25)7-3-5-16-4-2-6-18(9-8-16)22(27-12-13-28-22)15-17-14-19(24)10-11-20(17)23/h4,6,8-11,14H,3,5,7,12-13,15H2,1H3. The van der Waals surface area contributed by atoms with Gasteiger partial charge < -0.3 is 4.74 Å². The Bertz CT molecular complexity index is 863. The van der Waals surface area contributed by atoms with Crippen molar-refractivity contribution < 1.29 is 13.9 Å². The monoisotopic (exact) mass is 480 g/mol. The van der Waals surface area contributed by atoms with E-state index in [1.165, 1.54) is 18.7 Å². The Labute approximate surface area is 182 Å². The Morgan fingerprint density at radius 2 is 2.07 bits per heavy atom. The first-order valence-electron chi connectivity index (χ1n) is 9.15. The smallest absolute Gasteiger partial charge is 0.305 e. The molecule has 1 aliphatic carbocycles. The number of carbonyl (C=O) groups excluding carboxylic acids is 1. The van der Waals surface area contributed by atoms with Crippen LogP contribution in [0.2, 0.25) is 0 Å². The molecule has 2 nitrogen and oxygen atoms in total. The Kier molecular flexibility index (Phi) is 7.69. The average molecular weight is 481 g/mol. The van der Waals surface area contributed by atoms with Crippen LogP contribution in [0.5, 0.6) is 0 Å². The molecule has 0 saturated carbocycles. The molecule has 0 amide bonds. The molecule has 0 atom stereocenters. The third kappa shape index (κ3) is 5.44. The van der Waals surface area contributed by atoms with E-state index in [0.717, 1.165) is 46.4 Å². The fraction of sp³-hybridized carbons (Fsp3) is 0.364. The number of carbonyl (C=O) groups is 1. The van der Waals surface area contributed by atoms with E-state index in [0.29, 0.717) is 6.42 Å². The number of rotatable bonds is 7. The summed E-state index contributed by atoms with van der Waals surface area (Å²) in [5.41, 5.74) is 6.61. The summed E-state index contributed by atoms with van der Waals surface area (Å²) in [6.07, 6.45) is 11.0. The van der Waals surface area contributed by atoms with E-state index in [4.69, 9.17) is 4.74 Å². The van der Waals surface area contributed by atoms with Gasteiger partial charge in [-0.05, 0) is 59.9 Å². The predicted molar refractivity (Wildman–Crippen MR) is 120 cm³/mol. The SMILES string of the molecule is COC(=O)CCCC1=CC=C(C2(Cc3cc(F)ccc3Br)SCCS2)C=C=C1. The number of hydrogen-bond donors (Lipinski definition) is 0. The van der Waals surface area contributed by atoms with Crippen LogP contribution < -0.4 is 0 Å². The van der Waals surface area contributed by atoms with Crippen LogP contribution in [0.4, 0.5) is 4.39 Å². The lowest BCUT2D eigenvalue weighted by Gasteiger charge is -2.29. The van der Waals surface area contributed by atoms with E-state index in [1.807, 2.05) is 35.7 Å². The van der Waals surface area contributed by atoms with Gasteiger partial charge in [0.25, 0.3) is 0 Å². The van der Waals surface area contributed by atoms with Crippen LogP contribution in [-0.4, -0.2) is 28.7 Å². The zero-order valence-corrected chi connectivity index (χ0v) is 18.9. The normalized spacial score (nSPS) is 17.8. The molecule has 0 radical (unpaired) electrons. The summed E-state index contributed by atoms with van der Waals surface area (Å²) in [5.74, 6) is 1.76. The van der Waals surface area contributed by atoms with Crippen molar-refractivity contribution in [1.82, 2.24) is 0 Å². The van der Waals surface area contributed by atoms with Crippen LogP contribution in [0.1, 0.15) is 24.8 Å². The molecule has 148 valence electrons. The van der Waals surface area contributed by atoms with Crippen molar-refractivity contribution in [2.75, 3.05) is 18.6 Å². The fourth-order valence-electron chi connectivity index (χ4n) is 3.22. The molecule has 1 aromatic carbocycles. The fourth-order valence-corrected chi connectivity index (χ4v) is 6.87. The van der Waals surface area contributed by atoms with E-state index in [1.54, 1.807) is 12.1 Å². The Balaban J connectivity index is 1.79. The highest BCUT2D eigenvalue weighted by atomic mass is 79.9. The molecule has 0 bridgehead atoms. The molecule has 6 heteroatoms. The van der Waals surface area contributed by atoms with Crippen LogP contribution >= 0.6 is 39.5 Å². The van der Waals surface area contributed by atoms with E-state index in [9.17, 15) is 9.18 Å². The van der Waals surface area contributed by atoms with Crippen molar-refractivity contribution in [1.29, 1.82) is 0 Å². The highest BCUT2D eigenvalue weighted by Crippen LogP contribution is 2.52. The summed E-state index contributed by atoms with van der Waals surface area (Å²) in [6, 6.07) is 4.88. The van der Waals surface area contributed by atoms with Gasteiger partial charge in [0, 0.05) is 28.8 Å². The van der Waals surface area contributed by atoms with Gasteiger partial charge in [0.05, 0.1) is 11.2 Å². The maximum Gasteiger partial charge on any atom is 0.305 e. The summed E-state index contributed by atoms with van der Waals surface area (Å²) >= 11 is 7.40. The average Bonchev–Trinajstić information content (AvgIpc) is 3.03. The van der Waals surface area contributed by atoms with Crippen molar-refractivity contribution in [3.63, 3.8) is 0 Å². The lowest BCUT2D eigenvalue weighted by Crippen LogP contribution is -2.23. The van der Waals surface area contributed by atoms with Crippen molar-refractivity contribution in [3.8, 4) is 0 Å². The van der Waals surface area contributed by atoms with Crippen LogP contribution in [0.15, 0.2) is 63.9 Å². The third-order valence-corrected chi connectivity index (χ3v) is 8.93. The maximum atomic E-state index is 13.8. The zero-order valence-electron chi connectivity index (χ0n) is 15.7. The van der Waals surface area contributed by atoms with Gasteiger partial charge in [0.2, 0.25) is 0 Å². The summed E-state index contributed by atoms with van der Waals surface area (Å²) in [7, 11) is 1.41. The first-order chi connectivity index (χ1) is 13.5. The topological polar surface area (TPSA) is 26.3 Å². The van der Waals surface area contributed by atoms with Gasteiger partial charge in [0.1, 0.15) is 5.82 Å².